The van der Waals surface area contributed by atoms with E-state index in [0.29, 0.717) is 0 Å². The summed E-state index contributed by atoms with van der Waals surface area (Å²) in [6.07, 6.45) is 0. The third kappa shape index (κ3) is 3.36. The summed E-state index contributed by atoms with van der Waals surface area (Å²) in [6, 6.07) is 4.53. The number of halogens is 1. The molecule has 0 spiro atoms. The lowest BCUT2D eigenvalue weighted by atomic mass is 10.0. The van der Waals surface area contributed by atoms with Crippen molar-refractivity contribution in [3.8, 4) is 0 Å². The zero-order valence-corrected chi connectivity index (χ0v) is 9.49. The van der Waals surface area contributed by atoms with Crippen molar-refractivity contribution in [1.29, 1.82) is 0 Å². The number of rotatable bonds is 3. The van der Waals surface area contributed by atoms with Crippen molar-refractivity contribution >= 4 is 23.0 Å². The molecule has 1 rings (SSSR count). The molecular weight excluding hydrogens is 213 g/mol. The third-order valence-corrected chi connectivity index (χ3v) is 2.06. The minimum absolute atomic E-state index is 0.147. The maximum Gasteiger partial charge on any atom is 0.182 e. The van der Waals surface area contributed by atoms with Crippen LogP contribution in [0.4, 0.5) is 10.1 Å². The molecule has 1 aromatic rings. The lowest BCUT2D eigenvalue weighted by Gasteiger charge is -2.15. The first kappa shape index (κ1) is 11.7. The predicted octanol–water partition coefficient (Wildman–Crippen LogP) is 2.11. The van der Waals surface area contributed by atoms with E-state index in [0.717, 1.165) is 11.3 Å². The Morgan fingerprint density at radius 2 is 2.13 bits per heavy atom. The SMILES string of the molecule is CC(C)c1cc(F)ccc1NNC(N)=S. The molecule has 0 saturated heterocycles. The molecule has 4 N–H and O–H groups in total. The fraction of sp³-hybridized carbons (Fsp3) is 0.300. The molecule has 0 fully saturated rings. The summed E-state index contributed by atoms with van der Waals surface area (Å²) in [4.78, 5) is 0. The van der Waals surface area contributed by atoms with E-state index in [1.165, 1.54) is 12.1 Å². The van der Waals surface area contributed by atoms with Crippen LogP contribution in [0.25, 0.3) is 0 Å². The van der Waals surface area contributed by atoms with Gasteiger partial charge < -0.3 is 5.73 Å². The number of hydrogen-bond acceptors (Lipinski definition) is 2. The quantitative estimate of drug-likeness (QED) is 0.547. The summed E-state index contributed by atoms with van der Waals surface area (Å²) in [5.74, 6) is -0.0316. The smallest absolute Gasteiger partial charge is 0.182 e. The maximum atomic E-state index is 13.0. The molecule has 15 heavy (non-hydrogen) atoms. The molecule has 0 aliphatic heterocycles. The summed E-state index contributed by atoms with van der Waals surface area (Å²) in [7, 11) is 0. The summed E-state index contributed by atoms with van der Waals surface area (Å²) in [5, 5.41) is 0.147. The topological polar surface area (TPSA) is 50.1 Å². The van der Waals surface area contributed by atoms with Gasteiger partial charge in [-0.3, -0.25) is 10.9 Å². The van der Waals surface area contributed by atoms with Crippen molar-refractivity contribution in [3.05, 3.63) is 29.6 Å². The molecule has 3 nitrogen and oxygen atoms in total. The van der Waals surface area contributed by atoms with E-state index in [2.05, 4.69) is 23.1 Å². The van der Waals surface area contributed by atoms with Crippen LogP contribution in [0.15, 0.2) is 18.2 Å². The highest BCUT2D eigenvalue weighted by Crippen LogP contribution is 2.24. The normalized spacial score (nSPS) is 10.1. The van der Waals surface area contributed by atoms with Gasteiger partial charge in [-0.25, -0.2) is 4.39 Å². The van der Waals surface area contributed by atoms with Crippen molar-refractivity contribution in [1.82, 2.24) is 5.43 Å². The molecule has 0 aliphatic carbocycles. The van der Waals surface area contributed by atoms with Crippen LogP contribution in [0.3, 0.4) is 0 Å². The molecule has 0 amide bonds. The first-order chi connectivity index (χ1) is 7.00. The van der Waals surface area contributed by atoms with Crippen LogP contribution in [-0.4, -0.2) is 5.11 Å². The fourth-order valence-electron chi connectivity index (χ4n) is 1.25. The Morgan fingerprint density at radius 1 is 1.47 bits per heavy atom. The molecule has 0 bridgehead atoms. The molecule has 82 valence electrons. The number of hydrazine groups is 1. The van der Waals surface area contributed by atoms with Crippen molar-refractivity contribution in [3.63, 3.8) is 0 Å². The zero-order chi connectivity index (χ0) is 11.4. The maximum absolute atomic E-state index is 13.0. The number of thiocarbonyl (C=S) groups is 1. The van der Waals surface area contributed by atoms with Crippen LogP contribution in [-0.2, 0) is 0 Å². The van der Waals surface area contributed by atoms with Gasteiger partial charge in [0.1, 0.15) is 5.82 Å². The summed E-state index contributed by atoms with van der Waals surface area (Å²) in [6.45, 7) is 3.97. The van der Waals surface area contributed by atoms with E-state index >= 15 is 0 Å². The monoisotopic (exact) mass is 227 g/mol. The van der Waals surface area contributed by atoms with E-state index in [-0.39, 0.29) is 16.8 Å². The van der Waals surface area contributed by atoms with Gasteiger partial charge in [-0.2, -0.15) is 0 Å². The Balaban J connectivity index is 2.90. The molecular formula is C10H14FN3S. The van der Waals surface area contributed by atoms with Gasteiger partial charge in [0.25, 0.3) is 0 Å². The zero-order valence-electron chi connectivity index (χ0n) is 8.67. The Kier molecular flexibility index (Phi) is 3.85. The summed E-state index contributed by atoms with van der Waals surface area (Å²) in [5.41, 5.74) is 12.4. The standard InChI is InChI=1S/C10H14FN3S/c1-6(2)8-5-7(11)3-4-9(8)13-14-10(12)15/h3-6,13H,1-2H3,(H3,12,14,15). The molecule has 0 saturated carbocycles. The number of nitrogens with one attached hydrogen (secondary N) is 2. The van der Waals surface area contributed by atoms with Gasteiger partial charge in [0.15, 0.2) is 5.11 Å². The highest BCUT2D eigenvalue weighted by molar-refractivity contribution is 7.80. The van der Waals surface area contributed by atoms with Gasteiger partial charge in [0.2, 0.25) is 0 Å². The second-order valence-corrected chi connectivity index (χ2v) is 3.94. The highest BCUT2D eigenvalue weighted by Gasteiger charge is 2.07. The van der Waals surface area contributed by atoms with E-state index in [1.807, 2.05) is 13.8 Å². The number of anilines is 1. The lowest BCUT2D eigenvalue weighted by Crippen LogP contribution is -2.34. The van der Waals surface area contributed by atoms with E-state index in [4.69, 9.17) is 5.73 Å². The average Bonchev–Trinajstić information content (AvgIpc) is 2.15. The minimum Gasteiger partial charge on any atom is -0.375 e. The molecule has 0 aliphatic rings. The molecule has 5 heteroatoms. The lowest BCUT2D eigenvalue weighted by molar-refractivity contribution is 0.623. The van der Waals surface area contributed by atoms with Crippen molar-refractivity contribution in [2.24, 2.45) is 5.73 Å². The van der Waals surface area contributed by atoms with Gasteiger partial charge in [-0.1, -0.05) is 13.8 Å². The molecule has 0 aromatic heterocycles. The van der Waals surface area contributed by atoms with Gasteiger partial charge in [-0.05, 0) is 41.9 Å². The van der Waals surface area contributed by atoms with Gasteiger partial charge in [0.05, 0.1) is 5.69 Å². The van der Waals surface area contributed by atoms with Crippen molar-refractivity contribution in [2.45, 2.75) is 19.8 Å². The molecule has 0 unspecified atom stereocenters. The van der Waals surface area contributed by atoms with Crippen LogP contribution in [0.5, 0.6) is 0 Å². The number of hydrogen-bond donors (Lipinski definition) is 3. The second kappa shape index (κ2) is 4.93. The Morgan fingerprint density at radius 3 is 2.67 bits per heavy atom. The predicted molar refractivity (Wildman–Crippen MR) is 64.0 cm³/mol. The van der Waals surface area contributed by atoms with Gasteiger partial charge >= 0.3 is 0 Å². The van der Waals surface area contributed by atoms with E-state index < -0.39 is 0 Å². The highest BCUT2D eigenvalue weighted by atomic mass is 32.1. The van der Waals surface area contributed by atoms with Gasteiger partial charge in [0, 0.05) is 0 Å². The Hall–Kier alpha value is -1.36. The van der Waals surface area contributed by atoms with Crippen LogP contribution in [0, 0.1) is 5.82 Å². The number of benzene rings is 1. The molecule has 0 radical (unpaired) electrons. The molecule has 0 atom stereocenters. The van der Waals surface area contributed by atoms with Crippen LogP contribution in [0.1, 0.15) is 25.3 Å². The Bertz CT molecular complexity index is 366. The second-order valence-electron chi connectivity index (χ2n) is 3.50. The van der Waals surface area contributed by atoms with E-state index in [1.54, 1.807) is 6.07 Å². The third-order valence-electron chi connectivity index (χ3n) is 1.96. The average molecular weight is 227 g/mol. The van der Waals surface area contributed by atoms with Crippen LogP contribution < -0.4 is 16.6 Å². The van der Waals surface area contributed by atoms with Crippen LogP contribution >= 0.6 is 12.2 Å². The fourth-order valence-corrected chi connectivity index (χ4v) is 1.31. The van der Waals surface area contributed by atoms with E-state index in [9.17, 15) is 4.39 Å². The van der Waals surface area contributed by atoms with Crippen molar-refractivity contribution < 1.29 is 4.39 Å². The number of nitrogens with two attached hydrogens (primary N) is 1. The molecule has 0 heterocycles. The summed E-state index contributed by atoms with van der Waals surface area (Å²) < 4.78 is 13.0. The van der Waals surface area contributed by atoms with Gasteiger partial charge in [-0.15, -0.1) is 0 Å². The molecule has 1 aromatic carbocycles. The van der Waals surface area contributed by atoms with Crippen LogP contribution in [0.2, 0.25) is 0 Å². The summed E-state index contributed by atoms with van der Waals surface area (Å²) >= 11 is 4.66. The minimum atomic E-state index is -0.250. The van der Waals surface area contributed by atoms with Crippen molar-refractivity contribution in [2.75, 3.05) is 5.43 Å². The first-order valence-corrected chi connectivity index (χ1v) is 5.02. The Labute approximate surface area is 93.8 Å². The first-order valence-electron chi connectivity index (χ1n) is 4.61. The largest absolute Gasteiger partial charge is 0.375 e.